The third-order valence-electron chi connectivity index (χ3n) is 2.68. The van der Waals surface area contributed by atoms with E-state index in [0.29, 0.717) is 11.3 Å². The minimum absolute atomic E-state index is 0. The van der Waals surface area contributed by atoms with Gasteiger partial charge in [-0.25, -0.2) is 9.37 Å². The van der Waals surface area contributed by atoms with Crippen LogP contribution in [0.3, 0.4) is 0 Å². The van der Waals surface area contributed by atoms with Gasteiger partial charge in [-0.05, 0) is 35.7 Å². The Labute approximate surface area is 153 Å². The number of benzene rings is 1. The molecule has 22 heavy (non-hydrogen) atoms. The average Bonchev–Trinajstić information content (AvgIpc) is 3.08. The van der Waals surface area contributed by atoms with Crippen LogP contribution in [0.1, 0.15) is 8.35 Å². The third kappa shape index (κ3) is 3.64. The number of carbonyl (C=O) groups excluding carboxylic acids is 1. The topological polar surface area (TPSA) is 52.3 Å². The molecule has 2 aromatic heterocycles. The molecule has 0 N–H and O–H groups in total. The van der Waals surface area contributed by atoms with Crippen LogP contribution in [-0.4, -0.2) is 11.0 Å². The summed E-state index contributed by atoms with van der Waals surface area (Å²) in [7, 11) is 0. The quantitative estimate of drug-likeness (QED) is 0.537. The minimum atomic E-state index is -0.491. The number of nitrogens with zero attached hydrogens (tertiary/aromatic N) is 1. The summed E-state index contributed by atoms with van der Waals surface area (Å²) < 4.78 is 23.5. The molecular weight excluding hydrogens is 316 g/mol. The third-order valence-corrected chi connectivity index (χ3v) is 3.55. The summed E-state index contributed by atoms with van der Waals surface area (Å²) in [5, 5.41) is 1.89. The van der Waals surface area contributed by atoms with Gasteiger partial charge < -0.3 is 10.6 Å². The van der Waals surface area contributed by atoms with Gasteiger partial charge in [-0.3, -0.25) is 4.79 Å². The van der Waals surface area contributed by atoms with Crippen LogP contribution in [0.15, 0.2) is 46.2 Å². The Balaban J connectivity index is 0.00000132. The molecule has 7 heteroatoms. The Morgan fingerprint density at radius 1 is 1.32 bits per heavy atom. The molecule has 3 rings (SSSR count). The molecule has 0 spiro atoms. The number of rotatable bonds is 3. The minimum Gasteiger partial charge on any atom is -1.00 e. The zero-order valence-corrected chi connectivity index (χ0v) is 14.8. The first-order valence-electron chi connectivity index (χ1n) is 6.12. The standard InChI is InChI=1S/C15H10FNO3S.Na.H/c1-9(18)19-15-13(12-3-2-8-21-12)17-14(20-15)10-4-6-11(16)7-5-10;;/h2-8H,1H3;;/q;+1;-1. The van der Waals surface area contributed by atoms with Gasteiger partial charge >= 0.3 is 41.5 Å². The number of ether oxygens (including phenoxy) is 1. The zero-order valence-electron chi connectivity index (χ0n) is 13.0. The largest absolute Gasteiger partial charge is 1.00 e. The van der Waals surface area contributed by atoms with E-state index < -0.39 is 5.97 Å². The van der Waals surface area contributed by atoms with Gasteiger partial charge in [0.25, 0.3) is 0 Å². The summed E-state index contributed by atoms with van der Waals surface area (Å²) in [6.07, 6.45) is 0. The molecule has 0 saturated heterocycles. The summed E-state index contributed by atoms with van der Waals surface area (Å²) >= 11 is 1.45. The monoisotopic (exact) mass is 327 g/mol. The second kappa shape index (κ2) is 7.19. The van der Waals surface area contributed by atoms with E-state index in [2.05, 4.69) is 4.98 Å². The van der Waals surface area contributed by atoms with E-state index in [1.807, 2.05) is 17.5 Å². The number of aromatic nitrogens is 1. The van der Waals surface area contributed by atoms with Crippen molar-refractivity contribution in [2.45, 2.75) is 6.92 Å². The summed E-state index contributed by atoms with van der Waals surface area (Å²) in [6.45, 7) is 1.29. The van der Waals surface area contributed by atoms with E-state index in [-0.39, 0.29) is 48.6 Å². The summed E-state index contributed by atoms with van der Waals surface area (Å²) in [6, 6.07) is 9.45. The molecule has 0 saturated carbocycles. The maximum absolute atomic E-state index is 13.0. The Morgan fingerprint density at radius 2 is 2.05 bits per heavy atom. The number of carbonyl (C=O) groups is 1. The number of hydrogen-bond acceptors (Lipinski definition) is 5. The van der Waals surface area contributed by atoms with Crippen molar-refractivity contribution in [1.82, 2.24) is 4.98 Å². The predicted molar refractivity (Wildman–Crippen MR) is 77.6 cm³/mol. The molecule has 0 bridgehead atoms. The fourth-order valence-electron chi connectivity index (χ4n) is 1.79. The fraction of sp³-hybridized carbons (Fsp3) is 0.0667. The van der Waals surface area contributed by atoms with Crippen LogP contribution in [0.2, 0.25) is 0 Å². The van der Waals surface area contributed by atoms with Gasteiger partial charge in [0, 0.05) is 12.5 Å². The second-order valence-corrected chi connectivity index (χ2v) is 5.18. The Morgan fingerprint density at radius 3 is 2.64 bits per heavy atom. The maximum atomic E-state index is 13.0. The maximum Gasteiger partial charge on any atom is 1.00 e. The van der Waals surface area contributed by atoms with E-state index >= 15 is 0 Å². The number of oxazole rings is 1. The van der Waals surface area contributed by atoms with Gasteiger partial charge in [-0.15, -0.1) is 11.3 Å². The van der Waals surface area contributed by atoms with Crippen LogP contribution in [0.5, 0.6) is 5.95 Å². The van der Waals surface area contributed by atoms with Gasteiger partial charge in [-0.1, -0.05) is 6.07 Å². The normalized spacial score (nSPS) is 10.1. The van der Waals surface area contributed by atoms with Crippen LogP contribution in [0.4, 0.5) is 4.39 Å². The molecule has 0 radical (unpaired) electrons. The Bertz CT molecular complexity index is 775. The number of halogens is 1. The van der Waals surface area contributed by atoms with Crippen molar-refractivity contribution >= 4 is 17.3 Å². The van der Waals surface area contributed by atoms with E-state index in [1.165, 1.54) is 30.4 Å². The van der Waals surface area contributed by atoms with Crippen molar-refractivity contribution in [3.63, 3.8) is 0 Å². The molecule has 0 aliphatic heterocycles. The van der Waals surface area contributed by atoms with Crippen molar-refractivity contribution in [3.05, 3.63) is 47.6 Å². The molecule has 0 unspecified atom stereocenters. The second-order valence-electron chi connectivity index (χ2n) is 4.23. The molecular formula is C15H11FNNaO3S. The van der Waals surface area contributed by atoms with Crippen molar-refractivity contribution in [3.8, 4) is 28.0 Å². The first kappa shape index (κ1) is 16.9. The van der Waals surface area contributed by atoms with E-state index in [9.17, 15) is 9.18 Å². The predicted octanol–water partition coefficient (Wildman–Crippen LogP) is 1.25. The molecule has 4 nitrogen and oxygen atoms in total. The van der Waals surface area contributed by atoms with Crippen molar-refractivity contribution in [2.24, 2.45) is 0 Å². The van der Waals surface area contributed by atoms with E-state index in [4.69, 9.17) is 9.15 Å². The van der Waals surface area contributed by atoms with Crippen molar-refractivity contribution in [1.29, 1.82) is 0 Å². The summed E-state index contributed by atoms with van der Waals surface area (Å²) in [4.78, 5) is 16.3. The first-order chi connectivity index (χ1) is 10.1. The molecule has 0 fully saturated rings. The molecule has 3 aromatic rings. The van der Waals surface area contributed by atoms with Gasteiger partial charge in [0.1, 0.15) is 5.82 Å². The van der Waals surface area contributed by atoms with Gasteiger partial charge in [0.05, 0.1) is 4.88 Å². The molecule has 0 amide bonds. The van der Waals surface area contributed by atoms with Crippen LogP contribution < -0.4 is 34.3 Å². The van der Waals surface area contributed by atoms with Gasteiger partial charge in [0.15, 0.2) is 5.69 Å². The number of hydrogen-bond donors (Lipinski definition) is 0. The fourth-order valence-corrected chi connectivity index (χ4v) is 2.49. The summed E-state index contributed by atoms with van der Waals surface area (Å²) in [5.41, 5.74) is 1.06. The van der Waals surface area contributed by atoms with Crippen molar-refractivity contribution in [2.75, 3.05) is 0 Å². The number of thiophene rings is 1. The molecule has 108 valence electrons. The van der Waals surface area contributed by atoms with Crippen LogP contribution in [0, 0.1) is 5.82 Å². The van der Waals surface area contributed by atoms with Gasteiger partial charge in [-0.2, -0.15) is 0 Å². The van der Waals surface area contributed by atoms with Crippen molar-refractivity contribution < 1.29 is 49.3 Å². The van der Waals surface area contributed by atoms with E-state index in [1.54, 1.807) is 12.1 Å². The molecule has 2 heterocycles. The SMILES string of the molecule is CC(=O)Oc1oc(-c2ccc(F)cc2)nc1-c1cccs1.[H-].[Na+]. The molecule has 0 aliphatic carbocycles. The van der Waals surface area contributed by atoms with Crippen LogP contribution in [0.25, 0.3) is 22.0 Å². The summed E-state index contributed by atoms with van der Waals surface area (Å²) in [5.74, 6) is -0.516. The molecule has 0 aliphatic rings. The van der Waals surface area contributed by atoms with Crippen LogP contribution in [-0.2, 0) is 4.79 Å². The first-order valence-corrected chi connectivity index (χ1v) is 7.00. The van der Waals surface area contributed by atoms with Crippen LogP contribution >= 0.6 is 11.3 Å². The average molecular weight is 327 g/mol. The smallest absolute Gasteiger partial charge is 1.00 e. The molecule has 1 aromatic carbocycles. The van der Waals surface area contributed by atoms with Gasteiger partial charge in [0.2, 0.25) is 5.89 Å². The molecule has 0 atom stereocenters. The Kier molecular flexibility index (Phi) is 5.52. The Hall–Kier alpha value is -1.47. The zero-order chi connectivity index (χ0) is 14.8. The number of esters is 1. The van der Waals surface area contributed by atoms with E-state index in [0.717, 1.165) is 4.88 Å².